The van der Waals surface area contributed by atoms with Gasteiger partial charge in [-0.3, -0.25) is 9.69 Å². The summed E-state index contributed by atoms with van der Waals surface area (Å²) >= 11 is 0. The molecule has 0 radical (unpaired) electrons. The van der Waals surface area contributed by atoms with Crippen molar-refractivity contribution < 1.29 is 9.90 Å². The minimum atomic E-state index is -0.703. The average molecular weight is 183 g/mol. The predicted octanol–water partition coefficient (Wildman–Crippen LogP) is 1.36. The largest absolute Gasteiger partial charge is 0.481 e. The van der Waals surface area contributed by atoms with Gasteiger partial charge in [0.2, 0.25) is 0 Å². The molecule has 0 aromatic carbocycles. The molecule has 0 aliphatic carbocycles. The summed E-state index contributed by atoms with van der Waals surface area (Å²) < 4.78 is 0. The highest BCUT2D eigenvalue weighted by Gasteiger charge is 2.24. The van der Waals surface area contributed by atoms with Crippen molar-refractivity contribution in [2.75, 3.05) is 13.1 Å². The van der Waals surface area contributed by atoms with Gasteiger partial charge in [0.05, 0.1) is 6.42 Å². The highest BCUT2D eigenvalue weighted by molar-refractivity contribution is 5.67. The Labute approximate surface area is 79.0 Å². The molecule has 1 N–H and O–H groups in total. The van der Waals surface area contributed by atoms with Crippen molar-refractivity contribution in [1.82, 2.24) is 4.90 Å². The molecule has 1 atom stereocenters. The van der Waals surface area contributed by atoms with E-state index in [1.165, 1.54) is 0 Å². The lowest BCUT2D eigenvalue weighted by atomic mass is 9.99. The van der Waals surface area contributed by atoms with E-state index < -0.39 is 5.97 Å². The summed E-state index contributed by atoms with van der Waals surface area (Å²) in [4.78, 5) is 12.8. The monoisotopic (exact) mass is 183 g/mol. The molecule has 74 valence electrons. The Morgan fingerprint density at radius 2 is 2.00 bits per heavy atom. The zero-order valence-electron chi connectivity index (χ0n) is 8.23. The summed E-state index contributed by atoms with van der Waals surface area (Å²) in [6.45, 7) is 5.95. The first-order chi connectivity index (χ1) is 6.11. The fourth-order valence-electron chi connectivity index (χ4n) is 1.73. The summed E-state index contributed by atoms with van der Waals surface area (Å²) in [5, 5.41) is 8.75. The molecule has 13 heavy (non-hydrogen) atoms. The Morgan fingerprint density at radius 3 is 2.38 bits per heavy atom. The number of hydrogen-bond acceptors (Lipinski definition) is 2. The average Bonchev–Trinajstić information content (AvgIpc) is 2.50. The van der Waals surface area contributed by atoms with Crippen LogP contribution in [0.2, 0.25) is 0 Å². The Bertz CT molecular complexity index is 203. The standard InChI is InChI=1S/C10H17NO2/c1-8(2)9(7-10(12)13)11-5-3-4-6-11/h3-4,8-9H,5-7H2,1-2H3,(H,12,13). The molecule has 3 heteroatoms. The maximum absolute atomic E-state index is 10.6. The second-order valence-corrected chi connectivity index (χ2v) is 3.83. The number of aliphatic carboxylic acids is 1. The van der Waals surface area contributed by atoms with Gasteiger partial charge in [-0.25, -0.2) is 0 Å². The van der Waals surface area contributed by atoms with Crippen LogP contribution in [0.15, 0.2) is 12.2 Å². The smallest absolute Gasteiger partial charge is 0.304 e. The Kier molecular flexibility index (Phi) is 3.48. The number of nitrogens with zero attached hydrogens (tertiary/aromatic N) is 1. The molecule has 1 unspecified atom stereocenters. The van der Waals surface area contributed by atoms with Gasteiger partial charge in [-0.1, -0.05) is 26.0 Å². The molecule has 0 saturated carbocycles. The maximum atomic E-state index is 10.6. The molecule has 0 spiro atoms. The van der Waals surface area contributed by atoms with Crippen molar-refractivity contribution in [1.29, 1.82) is 0 Å². The first kappa shape index (κ1) is 10.3. The zero-order valence-corrected chi connectivity index (χ0v) is 8.23. The van der Waals surface area contributed by atoms with E-state index in [0.717, 1.165) is 13.1 Å². The van der Waals surface area contributed by atoms with Crippen LogP contribution >= 0.6 is 0 Å². The van der Waals surface area contributed by atoms with Gasteiger partial charge < -0.3 is 5.11 Å². The lowest BCUT2D eigenvalue weighted by Gasteiger charge is -2.29. The summed E-state index contributed by atoms with van der Waals surface area (Å²) in [7, 11) is 0. The third kappa shape index (κ3) is 2.84. The van der Waals surface area contributed by atoms with E-state index in [0.29, 0.717) is 5.92 Å². The van der Waals surface area contributed by atoms with Crippen LogP contribution in [0.25, 0.3) is 0 Å². The minimum absolute atomic E-state index is 0.174. The molecule has 1 heterocycles. The molecule has 1 rings (SSSR count). The lowest BCUT2D eigenvalue weighted by molar-refractivity contribution is -0.138. The van der Waals surface area contributed by atoms with E-state index in [-0.39, 0.29) is 12.5 Å². The molecule has 0 aromatic heterocycles. The summed E-state index contributed by atoms with van der Waals surface area (Å²) in [6.07, 6.45) is 4.44. The topological polar surface area (TPSA) is 40.5 Å². The van der Waals surface area contributed by atoms with Crippen molar-refractivity contribution in [2.45, 2.75) is 26.3 Å². The van der Waals surface area contributed by atoms with Crippen molar-refractivity contribution in [3.8, 4) is 0 Å². The van der Waals surface area contributed by atoms with E-state index >= 15 is 0 Å². The quantitative estimate of drug-likeness (QED) is 0.669. The molecule has 0 amide bonds. The van der Waals surface area contributed by atoms with Crippen LogP contribution in [0.4, 0.5) is 0 Å². The molecule has 0 saturated heterocycles. The number of hydrogen-bond donors (Lipinski definition) is 1. The third-order valence-electron chi connectivity index (χ3n) is 2.47. The zero-order chi connectivity index (χ0) is 9.84. The highest BCUT2D eigenvalue weighted by Crippen LogP contribution is 2.17. The third-order valence-corrected chi connectivity index (χ3v) is 2.47. The van der Waals surface area contributed by atoms with E-state index in [4.69, 9.17) is 5.11 Å². The predicted molar refractivity (Wildman–Crippen MR) is 51.6 cm³/mol. The van der Waals surface area contributed by atoms with Crippen molar-refractivity contribution >= 4 is 5.97 Å². The molecule has 1 aliphatic rings. The lowest BCUT2D eigenvalue weighted by Crippen LogP contribution is -2.38. The Hall–Kier alpha value is -0.830. The van der Waals surface area contributed by atoms with Crippen LogP contribution in [-0.2, 0) is 4.79 Å². The Balaban J connectivity index is 2.51. The van der Waals surface area contributed by atoms with Crippen molar-refractivity contribution in [3.63, 3.8) is 0 Å². The van der Waals surface area contributed by atoms with Crippen LogP contribution in [0.3, 0.4) is 0 Å². The van der Waals surface area contributed by atoms with Crippen molar-refractivity contribution in [2.24, 2.45) is 5.92 Å². The highest BCUT2D eigenvalue weighted by atomic mass is 16.4. The molecular weight excluding hydrogens is 166 g/mol. The number of carboxylic acids is 1. The van der Waals surface area contributed by atoms with Crippen LogP contribution in [0.5, 0.6) is 0 Å². The fourth-order valence-corrected chi connectivity index (χ4v) is 1.73. The van der Waals surface area contributed by atoms with Crippen molar-refractivity contribution in [3.05, 3.63) is 12.2 Å². The molecule has 0 aromatic rings. The summed E-state index contributed by atoms with van der Waals surface area (Å²) in [5.41, 5.74) is 0. The Morgan fingerprint density at radius 1 is 1.46 bits per heavy atom. The van der Waals surface area contributed by atoms with E-state index in [1.807, 2.05) is 0 Å². The molecular formula is C10H17NO2. The van der Waals surface area contributed by atoms with Crippen LogP contribution < -0.4 is 0 Å². The van der Waals surface area contributed by atoms with Gasteiger partial charge >= 0.3 is 5.97 Å². The summed E-state index contributed by atoms with van der Waals surface area (Å²) in [6, 6.07) is 0.174. The van der Waals surface area contributed by atoms with E-state index in [1.54, 1.807) is 0 Å². The SMILES string of the molecule is CC(C)C(CC(=O)O)N1CC=CC1. The normalized spacial score (nSPS) is 19.6. The second-order valence-electron chi connectivity index (χ2n) is 3.83. The van der Waals surface area contributed by atoms with Gasteiger partial charge in [0.15, 0.2) is 0 Å². The number of rotatable bonds is 4. The summed E-state index contributed by atoms with van der Waals surface area (Å²) in [5.74, 6) is -0.304. The van der Waals surface area contributed by atoms with E-state index in [2.05, 4.69) is 30.9 Å². The minimum Gasteiger partial charge on any atom is -0.481 e. The number of carbonyl (C=O) groups is 1. The van der Waals surface area contributed by atoms with Crippen LogP contribution in [0.1, 0.15) is 20.3 Å². The molecule has 1 aliphatic heterocycles. The van der Waals surface area contributed by atoms with Gasteiger partial charge in [-0.15, -0.1) is 0 Å². The van der Waals surface area contributed by atoms with Gasteiger partial charge in [-0.05, 0) is 5.92 Å². The maximum Gasteiger partial charge on any atom is 0.304 e. The van der Waals surface area contributed by atoms with Gasteiger partial charge in [0.25, 0.3) is 0 Å². The molecule has 0 fully saturated rings. The second kappa shape index (κ2) is 4.42. The van der Waals surface area contributed by atoms with Gasteiger partial charge in [0, 0.05) is 19.1 Å². The first-order valence-corrected chi connectivity index (χ1v) is 4.72. The molecule has 3 nitrogen and oxygen atoms in total. The van der Waals surface area contributed by atoms with Crippen LogP contribution in [-0.4, -0.2) is 35.1 Å². The van der Waals surface area contributed by atoms with Crippen LogP contribution in [0, 0.1) is 5.92 Å². The number of carboxylic acid groups (broad SMARTS) is 1. The molecule has 0 bridgehead atoms. The fraction of sp³-hybridized carbons (Fsp3) is 0.700. The first-order valence-electron chi connectivity index (χ1n) is 4.72. The van der Waals surface area contributed by atoms with Gasteiger partial charge in [0.1, 0.15) is 0 Å². The van der Waals surface area contributed by atoms with E-state index in [9.17, 15) is 4.79 Å². The van der Waals surface area contributed by atoms with Gasteiger partial charge in [-0.2, -0.15) is 0 Å².